The fourth-order valence-electron chi connectivity index (χ4n) is 2.36. The lowest BCUT2D eigenvalue weighted by Crippen LogP contribution is -2.21. The van der Waals surface area contributed by atoms with E-state index < -0.39 is 15.6 Å². The van der Waals surface area contributed by atoms with Crippen molar-refractivity contribution in [3.05, 3.63) is 75.1 Å². The van der Waals surface area contributed by atoms with Gasteiger partial charge in [-0.25, -0.2) is 17.9 Å². The molecule has 0 unspecified atom stereocenters. The van der Waals surface area contributed by atoms with Crippen LogP contribution in [0.5, 0.6) is 5.75 Å². The first-order valence-electron chi connectivity index (χ1n) is 7.69. The largest absolute Gasteiger partial charge is 0.489 e. The summed E-state index contributed by atoms with van der Waals surface area (Å²) in [6.45, 7) is 0.187. The zero-order valence-electron chi connectivity index (χ0n) is 13.9. The molecule has 2 aromatic carbocycles. The minimum atomic E-state index is -3.29. The molecule has 3 rings (SSSR count). The van der Waals surface area contributed by atoms with Gasteiger partial charge in [-0.15, -0.1) is 0 Å². The van der Waals surface area contributed by atoms with Crippen molar-refractivity contribution < 1.29 is 17.6 Å². The number of halogens is 1. The van der Waals surface area contributed by atoms with E-state index in [1.807, 2.05) is 0 Å². The van der Waals surface area contributed by atoms with Gasteiger partial charge in [-0.05, 0) is 42.0 Å². The summed E-state index contributed by atoms with van der Waals surface area (Å²) in [6.07, 6.45) is 1.10. The smallest absolute Gasteiger partial charge is 0.342 e. The van der Waals surface area contributed by atoms with Gasteiger partial charge in [0.25, 0.3) is 0 Å². The topological polar surface area (TPSA) is 85.6 Å². The summed E-state index contributed by atoms with van der Waals surface area (Å²) < 4.78 is 35.7. The first-order chi connectivity index (χ1) is 12.3. The van der Waals surface area contributed by atoms with Gasteiger partial charge in [-0.2, -0.15) is 0 Å². The van der Waals surface area contributed by atoms with Crippen LogP contribution in [0.15, 0.2) is 57.7 Å². The highest BCUT2D eigenvalue weighted by Crippen LogP contribution is 2.20. The first kappa shape index (κ1) is 18.4. The molecule has 0 bridgehead atoms. The number of rotatable bonds is 6. The van der Waals surface area contributed by atoms with Crippen LogP contribution in [-0.4, -0.2) is 14.7 Å². The highest BCUT2D eigenvalue weighted by Gasteiger charge is 2.08. The second-order valence-electron chi connectivity index (χ2n) is 5.77. The summed E-state index contributed by atoms with van der Waals surface area (Å²) in [4.78, 5) is 12.1. The number of nitrogens with one attached hydrogen (secondary N) is 1. The summed E-state index contributed by atoms with van der Waals surface area (Å²) in [6, 6.07) is 13.6. The molecule has 0 fully saturated rings. The van der Waals surface area contributed by atoms with Gasteiger partial charge < -0.3 is 9.15 Å². The molecular formula is C18H16ClNO5S. The van der Waals surface area contributed by atoms with Gasteiger partial charge in [0.2, 0.25) is 10.0 Å². The highest BCUT2D eigenvalue weighted by molar-refractivity contribution is 7.88. The number of hydrogen-bond donors (Lipinski definition) is 1. The molecule has 0 amide bonds. The van der Waals surface area contributed by atoms with E-state index in [0.717, 1.165) is 11.8 Å². The van der Waals surface area contributed by atoms with Gasteiger partial charge in [-0.3, -0.25) is 0 Å². The van der Waals surface area contributed by atoms with Crippen molar-refractivity contribution in [2.24, 2.45) is 0 Å². The van der Waals surface area contributed by atoms with Crippen molar-refractivity contribution in [3.63, 3.8) is 0 Å². The number of fused-ring (bicyclic) bond motifs is 1. The molecule has 1 aromatic heterocycles. The fraction of sp³-hybridized carbons (Fsp3) is 0.167. The van der Waals surface area contributed by atoms with E-state index in [1.54, 1.807) is 48.5 Å². The second-order valence-corrected chi connectivity index (χ2v) is 8.04. The third kappa shape index (κ3) is 4.85. The molecule has 1 heterocycles. The van der Waals surface area contributed by atoms with Crippen LogP contribution in [-0.2, 0) is 23.2 Å². The molecule has 0 radical (unpaired) electrons. The molecular weight excluding hydrogens is 378 g/mol. The van der Waals surface area contributed by atoms with Crippen molar-refractivity contribution in [1.82, 2.24) is 4.72 Å². The fourth-order valence-corrected chi connectivity index (χ4v) is 2.97. The molecule has 0 aliphatic carbocycles. The van der Waals surface area contributed by atoms with Crippen molar-refractivity contribution in [2.75, 3.05) is 6.26 Å². The van der Waals surface area contributed by atoms with Crippen molar-refractivity contribution in [1.29, 1.82) is 0 Å². The van der Waals surface area contributed by atoms with E-state index in [2.05, 4.69) is 4.72 Å². The zero-order chi connectivity index (χ0) is 18.7. The minimum Gasteiger partial charge on any atom is -0.489 e. The zero-order valence-corrected chi connectivity index (χ0v) is 15.4. The molecule has 136 valence electrons. The monoisotopic (exact) mass is 393 g/mol. The molecule has 0 atom stereocenters. The predicted octanol–water partition coefficient (Wildman–Crippen LogP) is 3.07. The Morgan fingerprint density at radius 1 is 1.15 bits per heavy atom. The Labute approximate surface area is 155 Å². The van der Waals surface area contributed by atoms with Crippen LogP contribution in [0.2, 0.25) is 5.02 Å². The van der Waals surface area contributed by atoms with Gasteiger partial charge in [0, 0.05) is 17.0 Å². The Balaban J connectivity index is 1.83. The molecule has 0 saturated carbocycles. The van der Waals surface area contributed by atoms with Gasteiger partial charge in [0.15, 0.2) is 0 Å². The van der Waals surface area contributed by atoms with E-state index in [-0.39, 0.29) is 13.2 Å². The molecule has 1 N–H and O–H groups in total. The van der Waals surface area contributed by atoms with E-state index in [0.29, 0.717) is 27.3 Å². The lowest BCUT2D eigenvalue weighted by molar-refractivity contribution is 0.300. The summed E-state index contributed by atoms with van der Waals surface area (Å²) >= 11 is 5.91. The van der Waals surface area contributed by atoms with Gasteiger partial charge >= 0.3 is 5.63 Å². The summed E-state index contributed by atoms with van der Waals surface area (Å²) in [5.74, 6) is 0.545. The van der Waals surface area contributed by atoms with Crippen LogP contribution in [0, 0.1) is 0 Å². The van der Waals surface area contributed by atoms with E-state index in [4.69, 9.17) is 20.8 Å². The Hall–Kier alpha value is -2.35. The lowest BCUT2D eigenvalue weighted by Gasteiger charge is -2.08. The molecule has 3 aromatic rings. The maximum atomic E-state index is 12.1. The number of sulfonamides is 1. The maximum Gasteiger partial charge on any atom is 0.342 e. The van der Waals surface area contributed by atoms with Crippen LogP contribution in [0.4, 0.5) is 0 Å². The standard InChI is InChI=1S/C18H16ClNO5S/c1-26(22,23)20-10-12-5-6-17-13(7-12)8-14(18(21)25-17)11-24-16-4-2-3-15(19)9-16/h2-9,20H,10-11H2,1H3. The second kappa shape index (κ2) is 7.49. The highest BCUT2D eigenvalue weighted by atomic mass is 35.5. The van der Waals surface area contributed by atoms with E-state index in [1.165, 1.54) is 0 Å². The molecule has 0 aliphatic rings. The summed E-state index contributed by atoms with van der Waals surface area (Å²) in [5.41, 5.74) is 1.04. The molecule has 0 aliphatic heterocycles. The van der Waals surface area contributed by atoms with Crippen LogP contribution in [0.25, 0.3) is 11.0 Å². The molecule has 6 nitrogen and oxygen atoms in total. The Morgan fingerprint density at radius 3 is 2.69 bits per heavy atom. The molecule has 8 heteroatoms. The molecule has 0 spiro atoms. The number of hydrogen-bond acceptors (Lipinski definition) is 5. The average Bonchev–Trinajstić information content (AvgIpc) is 2.57. The predicted molar refractivity (Wildman–Crippen MR) is 100.0 cm³/mol. The molecule has 0 saturated heterocycles. The normalized spacial score (nSPS) is 11.6. The Bertz CT molecular complexity index is 1110. The number of benzene rings is 2. The van der Waals surface area contributed by atoms with Crippen molar-refractivity contribution in [3.8, 4) is 5.75 Å². The third-order valence-electron chi connectivity index (χ3n) is 3.60. The van der Waals surface area contributed by atoms with E-state index >= 15 is 0 Å². The Kier molecular flexibility index (Phi) is 5.31. The maximum absolute atomic E-state index is 12.1. The summed E-state index contributed by atoms with van der Waals surface area (Å²) in [7, 11) is -3.29. The van der Waals surface area contributed by atoms with Gasteiger partial charge in [-0.1, -0.05) is 23.7 Å². The van der Waals surface area contributed by atoms with Gasteiger partial charge in [0.1, 0.15) is 17.9 Å². The quantitative estimate of drug-likeness (QED) is 0.650. The molecule has 26 heavy (non-hydrogen) atoms. The van der Waals surface area contributed by atoms with E-state index in [9.17, 15) is 13.2 Å². The van der Waals surface area contributed by atoms with Crippen molar-refractivity contribution >= 4 is 32.6 Å². The lowest BCUT2D eigenvalue weighted by atomic mass is 10.1. The average molecular weight is 394 g/mol. The van der Waals surface area contributed by atoms with Crippen molar-refractivity contribution in [2.45, 2.75) is 13.2 Å². The number of ether oxygens (including phenoxy) is 1. The SMILES string of the molecule is CS(=O)(=O)NCc1ccc2oc(=O)c(COc3cccc(Cl)c3)cc2c1. The van der Waals surface area contributed by atoms with Crippen LogP contribution in [0.1, 0.15) is 11.1 Å². The third-order valence-corrected chi connectivity index (χ3v) is 4.50. The van der Waals surface area contributed by atoms with Crippen LogP contribution in [0.3, 0.4) is 0 Å². The Morgan fingerprint density at radius 2 is 1.96 bits per heavy atom. The van der Waals surface area contributed by atoms with Crippen LogP contribution < -0.4 is 15.1 Å². The summed E-state index contributed by atoms with van der Waals surface area (Å²) in [5, 5.41) is 1.22. The first-order valence-corrected chi connectivity index (χ1v) is 9.96. The van der Waals surface area contributed by atoms with Crippen LogP contribution >= 0.6 is 11.6 Å². The minimum absolute atomic E-state index is 0.0322. The van der Waals surface area contributed by atoms with Gasteiger partial charge in [0.05, 0.1) is 11.8 Å².